The van der Waals surface area contributed by atoms with Gasteiger partial charge in [0.05, 0.1) is 6.04 Å². The van der Waals surface area contributed by atoms with Gasteiger partial charge in [-0.1, -0.05) is 35.9 Å². The summed E-state index contributed by atoms with van der Waals surface area (Å²) in [6, 6.07) is 16.2. The maximum Gasteiger partial charge on any atom is 0.121 e. The van der Waals surface area contributed by atoms with E-state index in [1.54, 1.807) is 0 Å². The average Bonchev–Trinajstić information content (AvgIpc) is 2.47. The van der Waals surface area contributed by atoms with Crippen LogP contribution < -0.4 is 15.4 Å². The number of nitrogens with zero attached hydrogens (tertiary/aromatic N) is 1. The van der Waals surface area contributed by atoms with Gasteiger partial charge in [-0.25, -0.2) is 0 Å². The van der Waals surface area contributed by atoms with Crippen LogP contribution >= 0.6 is 0 Å². The Morgan fingerprint density at radius 1 is 1.05 bits per heavy atom. The van der Waals surface area contributed by atoms with E-state index in [9.17, 15) is 0 Å². The van der Waals surface area contributed by atoms with Crippen LogP contribution in [0.5, 0.6) is 5.75 Å². The second-order valence-corrected chi connectivity index (χ2v) is 5.65. The smallest absolute Gasteiger partial charge is 0.121 e. The van der Waals surface area contributed by atoms with E-state index in [4.69, 9.17) is 10.5 Å². The normalized spacial score (nSPS) is 13.6. The van der Waals surface area contributed by atoms with Crippen LogP contribution in [0.2, 0.25) is 0 Å². The van der Waals surface area contributed by atoms with E-state index in [0.717, 1.165) is 17.0 Å². The Morgan fingerprint density at radius 2 is 1.71 bits per heavy atom. The van der Waals surface area contributed by atoms with Crippen molar-refractivity contribution in [2.24, 2.45) is 5.73 Å². The third-order valence-electron chi connectivity index (χ3n) is 3.62. The molecule has 0 fully saturated rings. The molecule has 0 aliphatic carbocycles. The molecule has 2 aromatic carbocycles. The quantitative estimate of drug-likeness (QED) is 0.913. The van der Waals surface area contributed by atoms with Crippen molar-refractivity contribution < 1.29 is 4.74 Å². The minimum Gasteiger partial charge on any atom is -0.489 e. The summed E-state index contributed by atoms with van der Waals surface area (Å²) < 4.78 is 6.00. The van der Waals surface area contributed by atoms with Crippen molar-refractivity contribution in [3.8, 4) is 5.75 Å². The largest absolute Gasteiger partial charge is 0.489 e. The highest BCUT2D eigenvalue weighted by Gasteiger charge is 2.16. The van der Waals surface area contributed by atoms with Crippen molar-refractivity contribution in [3.05, 3.63) is 59.7 Å². The fourth-order valence-electron chi connectivity index (χ4n) is 2.18. The predicted octanol–water partition coefficient (Wildman–Crippen LogP) is 3.53. The third-order valence-corrected chi connectivity index (χ3v) is 3.62. The molecule has 21 heavy (non-hydrogen) atoms. The Kier molecular flexibility index (Phi) is 4.86. The fourth-order valence-corrected chi connectivity index (χ4v) is 2.18. The Balaban J connectivity index is 2.08. The van der Waals surface area contributed by atoms with Gasteiger partial charge in [0.15, 0.2) is 0 Å². The zero-order chi connectivity index (χ0) is 15.4. The Labute approximate surface area is 127 Å². The van der Waals surface area contributed by atoms with E-state index in [1.165, 1.54) is 5.56 Å². The van der Waals surface area contributed by atoms with Crippen LogP contribution in [0.25, 0.3) is 0 Å². The molecule has 0 saturated heterocycles. The molecule has 0 aromatic heterocycles. The van der Waals surface area contributed by atoms with E-state index >= 15 is 0 Å². The van der Waals surface area contributed by atoms with E-state index in [2.05, 4.69) is 42.2 Å². The van der Waals surface area contributed by atoms with Gasteiger partial charge in [-0.15, -0.1) is 0 Å². The molecule has 0 aliphatic heterocycles. The van der Waals surface area contributed by atoms with Crippen LogP contribution in [0.15, 0.2) is 48.5 Å². The molecule has 0 saturated carbocycles. The fraction of sp³-hybridized carbons (Fsp3) is 0.333. The summed E-state index contributed by atoms with van der Waals surface area (Å²) >= 11 is 0. The summed E-state index contributed by atoms with van der Waals surface area (Å²) in [6.07, 6.45) is -0.0925. The number of hydrogen-bond donors (Lipinski definition) is 1. The molecule has 0 radical (unpaired) electrons. The Bertz CT molecular complexity index is 578. The minimum absolute atomic E-state index is 0.0925. The van der Waals surface area contributed by atoms with Crippen LogP contribution in [-0.2, 0) is 0 Å². The molecule has 0 amide bonds. The van der Waals surface area contributed by atoms with Crippen molar-refractivity contribution >= 4 is 5.69 Å². The molecular weight excluding hydrogens is 260 g/mol. The molecule has 2 atom stereocenters. The number of benzene rings is 2. The Morgan fingerprint density at radius 3 is 2.33 bits per heavy atom. The first kappa shape index (κ1) is 15.4. The SMILES string of the molecule is Cc1ccc(C(N)C(C)Oc2cccc(N(C)C)c2)cc1. The van der Waals surface area contributed by atoms with E-state index < -0.39 is 0 Å². The highest BCUT2D eigenvalue weighted by molar-refractivity contribution is 5.49. The number of aryl methyl sites for hydroxylation is 1. The first-order chi connectivity index (χ1) is 9.97. The van der Waals surface area contributed by atoms with Gasteiger partial charge in [0, 0.05) is 25.8 Å². The molecule has 0 spiro atoms. The molecule has 2 rings (SSSR count). The standard InChI is InChI=1S/C18H24N2O/c1-13-8-10-15(11-9-13)18(19)14(2)21-17-7-5-6-16(12-17)20(3)4/h5-12,14,18H,19H2,1-4H3. The van der Waals surface area contributed by atoms with Crippen LogP contribution in [0.1, 0.15) is 24.1 Å². The van der Waals surface area contributed by atoms with Gasteiger partial charge in [0.1, 0.15) is 11.9 Å². The monoisotopic (exact) mass is 284 g/mol. The first-order valence-electron chi connectivity index (χ1n) is 7.23. The van der Waals surface area contributed by atoms with E-state index in [1.807, 2.05) is 39.2 Å². The number of hydrogen-bond acceptors (Lipinski definition) is 3. The summed E-state index contributed by atoms with van der Waals surface area (Å²) in [5, 5.41) is 0. The Hall–Kier alpha value is -2.00. The second-order valence-electron chi connectivity index (χ2n) is 5.65. The summed E-state index contributed by atoms with van der Waals surface area (Å²) in [7, 11) is 4.03. The maximum absolute atomic E-state index is 6.30. The van der Waals surface area contributed by atoms with Crippen molar-refractivity contribution in [1.29, 1.82) is 0 Å². The molecule has 0 aliphatic rings. The third kappa shape index (κ3) is 3.99. The van der Waals surface area contributed by atoms with Crippen LogP contribution in [0.3, 0.4) is 0 Å². The van der Waals surface area contributed by atoms with Crippen molar-refractivity contribution in [2.45, 2.75) is 26.0 Å². The van der Waals surface area contributed by atoms with Crippen LogP contribution in [0, 0.1) is 6.92 Å². The van der Waals surface area contributed by atoms with Crippen molar-refractivity contribution in [2.75, 3.05) is 19.0 Å². The lowest BCUT2D eigenvalue weighted by Gasteiger charge is -2.23. The van der Waals surface area contributed by atoms with Gasteiger partial charge in [-0.2, -0.15) is 0 Å². The summed E-state index contributed by atoms with van der Waals surface area (Å²) in [5.41, 5.74) is 9.74. The van der Waals surface area contributed by atoms with E-state index in [0.29, 0.717) is 0 Å². The summed E-state index contributed by atoms with van der Waals surface area (Å²) in [5.74, 6) is 0.844. The molecule has 3 heteroatoms. The molecule has 2 aromatic rings. The highest BCUT2D eigenvalue weighted by atomic mass is 16.5. The van der Waals surface area contributed by atoms with Gasteiger partial charge >= 0.3 is 0 Å². The zero-order valence-corrected chi connectivity index (χ0v) is 13.2. The van der Waals surface area contributed by atoms with E-state index in [-0.39, 0.29) is 12.1 Å². The van der Waals surface area contributed by atoms with Crippen molar-refractivity contribution in [1.82, 2.24) is 0 Å². The molecule has 0 bridgehead atoms. The molecule has 2 N–H and O–H groups in total. The lowest BCUT2D eigenvalue weighted by Crippen LogP contribution is -2.28. The molecule has 112 valence electrons. The van der Waals surface area contributed by atoms with Gasteiger partial charge in [0.2, 0.25) is 0 Å². The number of rotatable bonds is 5. The number of ether oxygens (including phenoxy) is 1. The maximum atomic E-state index is 6.30. The number of anilines is 1. The highest BCUT2D eigenvalue weighted by Crippen LogP contribution is 2.24. The minimum atomic E-state index is -0.145. The molecule has 3 nitrogen and oxygen atoms in total. The zero-order valence-electron chi connectivity index (χ0n) is 13.2. The average molecular weight is 284 g/mol. The van der Waals surface area contributed by atoms with Gasteiger partial charge in [-0.05, 0) is 31.5 Å². The van der Waals surface area contributed by atoms with Crippen molar-refractivity contribution in [3.63, 3.8) is 0 Å². The van der Waals surface area contributed by atoms with Gasteiger partial charge in [0.25, 0.3) is 0 Å². The molecule has 0 heterocycles. The van der Waals surface area contributed by atoms with Gasteiger partial charge < -0.3 is 15.4 Å². The molecule has 2 unspecified atom stereocenters. The van der Waals surface area contributed by atoms with Crippen LogP contribution in [0.4, 0.5) is 5.69 Å². The second kappa shape index (κ2) is 6.64. The lowest BCUT2D eigenvalue weighted by atomic mass is 10.0. The lowest BCUT2D eigenvalue weighted by molar-refractivity contribution is 0.190. The topological polar surface area (TPSA) is 38.5 Å². The van der Waals surface area contributed by atoms with Gasteiger partial charge in [-0.3, -0.25) is 0 Å². The predicted molar refractivity (Wildman–Crippen MR) is 89.0 cm³/mol. The van der Waals surface area contributed by atoms with Crippen LogP contribution in [-0.4, -0.2) is 20.2 Å². The summed E-state index contributed by atoms with van der Waals surface area (Å²) in [6.45, 7) is 4.08. The number of nitrogens with two attached hydrogens (primary N) is 1. The molecular formula is C18H24N2O. The first-order valence-corrected chi connectivity index (χ1v) is 7.23. The summed E-state index contributed by atoms with van der Waals surface area (Å²) in [4.78, 5) is 2.05.